The molecular weight excluding hydrogens is 380 g/mol. The lowest BCUT2D eigenvalue weighted by atomic mass is 9.59. The molecule has 1 aliphatic carbocycles. The Balaban J connectivity index is 1.81. The van der Waals surface area contributed by atoms with Crippen LogP contribution in [-0.4, -0.2) is 63.4 Å². The van der Waals surface area contributed by atoms with Gasteiger partial charge in [0, 0.05) is 42.4 Å². The number of hydrogen-bond donors (Lipinski definition) is 4. The second kappa shape index (κ2) is 7.68. The molecule has 0 spiro atoms. The van der Waals surface area contributed by atoms with Crippen LogP contribution in [0.5, 0.6) is 0 Å². The van der Waals surface area contributed by atoms with Gasteiger partial charge in [-0.2, -0.15) is 0 Å². The van der Waals surface area contributed by atoms with Gasteiger partial charge >= 0.3 is 0 Å². The van der Waals surface area contributed by atoms with Crippen molar-refractivity contribution in [3.05, 3.63) is 42.1 Å². The van der Waals surface area contributed by atoms with Gasteiger partial charge in [-0.1, -0.05) is 11.6 Å². The number of methoxy groups -OCH3 is 1. The summed E-state index contributed by atoms with van der Waals surface area (Å²) < 4.78 is 5.63. The number of aromatic nitrogens is 1. The molecule has 2 fully saturated rings. The van der Waals surface area contributed by atoms with Crippen molar-refractivity contribution in [2.75, 3.05) is 18.6 Å². The van der Waals surface area contributed by atoms with Crippen molar-refractivity contribution in [2.24, 2.45) is 5.92 Å². The number of piperidine rings is 1. The number of β-amino-alcohol motifs (C(OH)–C–C–N with tert-alkyl or cyclic N) is 1. The molecule has 1 aromatic carbocycles. The second-order valence-electron chi connectivity index (χ2n) is 9.52. The van der Waals surface area contributed by atoms with E-state index >= 15 is 0 Å². The smallest absolute Gasteiger partial charge is 0.0914 e. The van der Waals surface area contributed by atoms with Crippen LogP contribution >= 0.6 is 0 Å². The highest BCUT2D eigenvalue weighted by molar-refractivity contribution is 5.83. The second-order valence-corrected chi connectivity index (χ2v) is 9.52. The predicted molar refractivity (Wildman–Crippen MR) is 119 cm³/mol. The van der Waals surface area contributed by atoms with Crippen molar-refractivity contribution in [3.63, 3.8) is 0 Å². The number of benzene rings is 1. The number of nitrogens with zero attached hydrogens (tertiary/aromatic N) is 1. The fourth-order valence-electron chi connectivity index (χ4n) is 5.72. The van der Waals surface area contributed by atoms with Crippen LogP contribution in [0.3, 0.4) is 0 Å². The molecule has 2 aliphatic rings. The van der Waals surface area contributed by atoms with E-state index in [4.69, 9.17) is 4.74 Å². The summed E-state index contributed by atoms with van der Waals surface area (Å²) in [4.78, 5) is 5.36. The molecule has 6 nitrogen and oxygen atoms in total. The Kier molecular flexibility index (Phi) is 5.47. The fourth-order valence-corrected chi connectivity index (χ4v) is 5.72. The highest BCUT2D eigenvalue weighted by atomic mass is 16.5. The monoisotopic (exact) mass is 414 g/mol. The van der Waals surface area contributed by atoms with E-state index in [-0.39, 0.29) is 6.04 Å². The Labute approximate surface area is 178 Å². The summed E-state index contributed by atoms with van der Waals surface area (Å²) in [5.41, 5.74) is 0.785. The van der Waals surface area contributed by atoms with Crippen molar-refractivity contribution in [3.8, 4) is 0 Å². The van der Waals surface area contributed by atoms with E-state index in [2.05, 4.69) is 22.0 Å². The van der Waals surface area contributed by atoms with E-state index in [9.17, 15) is 15.3 Å². The molecule has 0 amide bonds. The molecule has 4 N–H and O–H groups in total. The zero-order valence-electron chi connectivity index (χ0n) is 18.3. The van der Waals surface area contributed by atoms with Crippen molar-refractivity contribution >= 4 is 16.6 Å². The number of anilines is 1. The molecule has 4 rings (SSSR count). The van der Waals surface area contributed by atoms with Crippen molar-refractivity contribution < 1.29 is 20.1 Å². The summed E-state index contributed by atoms with van der Waals surface area (Å²) >= 11 is 0. The number of nitrogens with one attached hydrogen (secondary N) is 1. The lowest BCUT2D eigenvalue weighted by Crippen LogP contribution is -2.75. The summed E-state index contributed by atoms with van der Waals surface area (Å²) in [6.45, 7) is 6.27. The third-order valence-corrected chi connectivity index (χ3v) is 7.17. The Morgan fingerprint density at radius 1 is 1.30 bits per heavy atom. The van der Waals surface area contributed by atoms with Gasteiger partial charge in [0.2, 0.25) is 0 Å². The Morgan fingerprint density at radius 2 is 2.07 bits per heavy atom. The molecule has 6 atom stereocenters. The van der Waals surface area contributed by atoms with Crippen LogP contribution in [0.2, 0.25) is 0 Å². The van der Waals surface area contributed by atoms with E-state index in [1.165, 1.54) is 5.57 Å². The van der Waals surface area contributed by atoms with Crippen LogP contribution in [-0.2, 0) is 4.74 Å². The van der Waals surface area contributed by atoms with E-state index in [0.29, 0.717) is 25.8 Å². The number of fused-ring (bicyclic) bond motifs is 2. The maximum Gasteiger partial charge on any atom is 0.0914 e. The summed E-state index contributed by atoms with van der Waals surface area (Å²) in [5.74, 6) is -0.582. The van der Waals surface area contributed by atoms with Crippen LogP contribution in [0, 0.1) is 5.92 Å². The average molecular weight is 415 g/mol. The molecule has 0 unspecified atom stereocenters. The highest BCUT2D eigenvalue weighted by Gasteiger charge is 2.63. The normalized spacial score (nSPS) is 36.6. The standard InChI is InChI=1S/C24H34N2O4/c1-15(2)5-8-20-23(3,28)22-21(30-4)19(27)9-11-24(22,29)14-26(20)17-6-7-18-16(13-17)10-12-25-18/h5-7,10,12-13,19-22,25,27-29H,8-9,11,14H2,1-4H3/t19-,20+,21-,22-,23+,24+/m1/s1. The maximum atomic E-state index is 11.9. The fraction of sp³-hybridized carbons (Fsp3) is 0.583. The molecular formula is C24H34N2O4. The molecule has 1 saturated heterocycles. The maximum absolute atomic E-state index is 11.9. The Bertz CT molecular complexity index is 932. The van der Waals surface area contributed by atoms with Crippen LogP contribution in [0.1, 0.15) is 40.0 Å². The average Bonchev–Trinajstić information content (AvgIpc) is 3.15. The summed E-state index contributed by atoms with van der Waals surface area (Å²) in [7, 11) is 1.55. The summed E-state index contributed by atoms with van der Waals surface area (Å²) in [5, 5.41) is 35.3. The molecule has 6 heteroatoms. The number of hydrogen-bond acceptors (Lipinski definition) is 5. The molecule has 2 aromatic rings. The minimum Gasteiger partial charge on any atom is -0.390 e. The third-order valence-electron chi connectivity index (χ3n) is 7.17. The zero-order chi connectivity index (χ0) is 21.7. The lowest BCUT2D eigenvalue weighted by molar-refractivity contribution is -0.232. The Morgan fingerprint density at radius 3 is 2.77 bits per heavy atom. The van der Waals surface area contributed by atoms with Gasteiger partial charge in [0.05, 0.1) is 29.5 Å². The van der Waals surface area contributed by atoms with Crippen molar-refractivity contribution in [1.82, 2.24) is 4.98 Å². The highest BCUT2D eigenvalue weighted by Crippen LogP contribution is 2.50. The number of aliphatic hydroxyl groups is 3. The van der Waals surface area contributed by atoms with Gasteiger partial charge in [0.15, 0.2) is 0 Å². The van der Waals surface area contributed by atoms with E-state index < -0.39 is 29.3 Å². The largest absolute Gasteiger partial charge is 0.390 e. The first-order valence-electron chi connectivity index (χ1n) is 10.8. The quantitative estimate of drug-likeness (QED) is 0.578. The molecule has 1 aromatic heterocycles. The predicted octanol–water partition coefficient (Wildman–Crippen LogP) is 2.98. The van der Waals surface area contributed by atoms with E-state index in [1.807, 2.05) is 38.2 Å². The Hall–Kier alpha value is -1.86. The topological polar surface area (TPSA) is 89.0 Å². The van der Waals surface area contributed by atoms with Gasteiger partial charge in [-0.05, 0) is 64.3 Å². The third kappa shape index (κ3) is 3.46. The van der Waals surface area contributed by atoms with E-state index in [1.54, 1.807) is 14.0 Å². The molecule has 164 valence electrons. The number of aromatic amines is 1. The van der Waals surface area contributed by atoms with Crippen molar-refractivity contribution in [1.29, 1.82) is 0 Å². The number of aliphatic hydroxyl groups excluding tert-OH is 1. The van der Waals surface area contributed by atoms with Crippen LogP contribution in [0.4, 0.5) is 5.69 Å². The molecule has 1 aliphatic heterocycles. The summed E-state index contributed by atoms with van der Waals surface area (Å²) in [6.07, 6.45) is 4.25. The van der Waals surface area contributed by atoms with Crippen LogP contribution in [0.15, 0.2) is 42.1 Å². The first kappa shape index (κ1) is 21.4. The lowest BCUT2D eigenvalue weighted by Gasteiger charge is -2.61. The van der Waals surface area contributed by atoms with Gasteiger partial charge in [-0.3, -0.25) is 0 Å². The molecule has 30 heavy (non-hydrogen) atoms. The number of allylic oxidation sites excluding steroid dienone is 1. The van der Waals surface area contributed by atoms with Crippen LogP contribution in [0.25, 0.3) is 10.9 Å². The van der Waals surface area contributed by atoms with E-state index in [0.717, 1.165) is 16.6 Å². The number of H-pyrrole nitrogens is 1. The molecule has 1 saturated carbocycles. The zero-order valence-corrected chi connectivity index (χ0v) is 18.3. The minimum absolute atomic E-state index is 0.267. The SMILES string of the molecule is CO[C@@H]1[C@H](O)CC[C@]2(O)CN(c3ccc4[nH]ccc4c3)[C@@H](CC=C(C)C)[C@](C)(O)[C@@H]12. The molecule has 0 bridgehead atoms. The number of ether oxygens (including phenoxy) is 1. The van der Waals surface area contributed by atoms with Crippen LogP contribution < -0.4 is 4.90 Å². The summed E-state index contributed by atoms with van der Waals surface area (Å²) in [6, 6.07) is 7.95. The van der Waals surface area contributed by atoms with Crippen molar-refractivity contribution in [2.45, 2.75) is 69.5 Å². The minimum atomic E-state index is -1.27. The molecule has 2 heterocycles. The van der Waals surface area contributed by atoms with Gasteiger partial charge in [0.1, 0.15) is 0 Å². The van der Waals surface area contributed by atoms with Gasteiger partial charge in [0.25, 0.3) is 0 Å². The van der Waals surface area contributed by atoms with Gasteiger partial charge in [-0.15, -0.1) is 0 Å². The van der Waals surface area contributed by atoms with Gasteiger partial charge < -0.3 is 29.9 Å². The van der Waals surface area contributed by atoms with Gasteiger partial charge in [-0.25, -0.2) is 0 Å². The first-order valence-corrected chi connectivity index (χ1v) is 10.8. The molecule has 0 radical (unpaired) electrons. The first-order chi connectivity index (χ1) is 14.2. The number of rotatable bonds is 4.